The van der Waals surface area contributed by atoms with Crippen molar-refractivity contribution >= 4 is 10.0 Å². The summed E-state index contributed by atoms with van der Waals surface area (Å²) in [6.45, 7) is 2.84. The molecule has 1 saturated heterocycles. The molecule has 0 aliphatic carbocycles. The van der Waals surface area contributed by atoms with Crippen molar-refractivity contribution in [3.8, 4) is 0 Å². The van der Waals surface area contributed by atoms with Gasteiger partial charge in [0.2, 0.25) is 5.09 Å². The molecule has 0 atom stereocenters. The van der Waals surface area contributed by atoms with Crippen LogP contribution in [0.4, 0.5) is 0 Å². The lowest BCUT2D eigenvalue weighted by molar-refractivity contribution is 0.213. The first kappa shape index (κ1) is 15.5. The van der Waals surface area contributed by atoms with Gasteiger partial charge in [-0.25, -0.2) is 13.1 Å². The van der Waals surface area contributed by atoms with Crippen LogP contribution in [0.1, 0.15) is 25.0 Å². The zero-order chi connectivity index (χ0) is 14.6. The van der Waals surface area contributed by atoms with Crippen LogP contribution >= 0.6 is 0 Å². The smallest absolute Gasteiger partial charge is 0.273 e. The maximum atomic E-state index is 12.0. The molecule has 2 heterocycles. The Labute approximate surface area is 120 Å². The van der Waals surface area contributed by atoms with Crippen LogP contribution in [-0.2, 0) is 16.6 Å². The molecular formula is C13H23N3O3S. The summed E-state index contributed by atoms with van der Waals surface area (Å²) in [5, 5.41) is -0.0543. The van der Waals surface area contributed by atoms with E-state index in [1.165, 1.54) is 6.07 Å². The van der Waals surface area contributed by atoms with E-state index in [0.29, 0.717) is 18.2 Å². The Hall–Kier alpha value is -0.890. The summed E-state index contributed by atoms with van der Waals surface area (Å²) in [6, 6.07) is 3.03. The summed E-state index contributed by atoms with van der Waals surface area (Å²) in [6.07, 6.45) is 3.14. The molecule has 1 aromatic rings. The van der Waals surface area contributed by atoms with Gasteiger partial charge in [0.1, 0.15) is 5.76 Å². The number of hydrogen-bond donors (Lipinski definition) is 2. The number of furan rings is 1. The monoisotopic (exact) mass is 301 g/mol. The quantitative estimate of drug-likeness (QED) is 0.809. The Morgan fingerprint density at radius 3 is 2.70 bits per heavy atom. The number of likely N-dealkylation sites (tertiary alicyclic amines) is 1. The highest BCUT2D eigenvalue weighted by Gasteiger charge is 2.20. The molecule has 2 rings (SSSR count). The molecule has 3 N–H and O–H groups in total. The van der Waals surface area contributed by atoms with E-state index in [2.05, 4.69) is 16.7 Å². The van der Waals surface area contributed by atoms with Gasteiger partial charge in [-0.3, -0.25) is 0 Å². The van der Waals surface area contributed by atoms with Gasteiger partial charge in [-0.2, -0.15) is 0 Å². The number of hydrogen-bond acceptors (Lipinski definition) is 5. The van der Waals surface area contributed by atoms with E-state index in [0.717, 1.165) is 32.4 Å². The maximum absolute atomic E-state index is 12.0. The van der Waals surface area contributed by atoms with Gasteiger partial charge < -0.3 is 15.1 Å². The maximum Gasteiger partial charge on any atom is 0.273 e. The third kappa shape index (κ3) is 4.05. The van der Waals surface area contributed by atoms with Crippen LogP contribution in [0.25, 0.3) is 0 Å². The van der Waals surface area contributed by atoms with E-state index in [-0.39, 0.29) is 11.6 Å². The lowest BCUT2D eigenvalue weighted by Crippen LogP contribution is -2.32. The van der Waals surface area contributed by atoms with E-state index >= 15 is 0 Å². The molecule has 7 heteroatoms. The van der Waals surface area contributed by atoms with Gasteiger partial charge in [-0.15, -0.1) is 0 Å². The molecule has 114 valence electrons. The van der Waals surface area contributed by atoms with Crippen molar-refractivity contribution in [3.05, 3.63) is 17.9 Å². The number of sulfonamides is 1. The van der Waals surface area contributed by atoms with Gasteiger partial charge in [-0.05, 0) is 57.5 Å². The van der Waals surface area contributed by atoms with Gasteiger partial charge in [0.25, 0.3) is 10.0 Å². The Bertz CT molecular complexity index is 519. The first-order valence-electron chi connectivity index (χ1n) is 6.98. The van der Waals surface area contributed by atoms with Crippen molar-refractivity contribution in [1.82, 2.24) is 9.62 Å². The van der Waals surface area contributed by atoms with Crippen molar-refractivity contribution in [3.63, 3.8) is 0 Å². The number of rotatable bonds is 6. The van der Waals surface area contributed by atoms with E-state index in [9.17, 15) is 8.42 Å². The van der Waals surface area contributed by atoms with Crippen LogP contribution < -0.4 is 10.5 Å². The van der Waals surface area contributed by atoms with Crippen molar-refractivity contribution in [1.29, 1.82) is 0 Å². The molecule has 1 aliphatic heterocycles. The van der Waals surface area contributed by atoms with Gasteiger partial charge in [0, 0.05) is 6.54 Å². The molecule has 0 bridgehead atoms. The predicted octanol–water partition coefficient (Wildman–Crippen LogP) is 0.748. The van der Waals surface area contributed by atoms with Crippen molar-refractivity contribution in [2.24, 2.45) is 11.7 Å². The van der Waals surface area contributed by atoms with E-state index in [1.807, 2.05) is 0 Å². The number of piperidine rings is 1. The van der Waals surface area contributed by atoms with Gasteiger partial charge >= 0.3 is 0 Å². The second kappa shape index (κ2) is 6.71. The highest BCUT2D eigenvalue weighted by Crippen LogP contribution is 2.19. The summed E-state index contributed by atoms with van der Waals surface area (Å²) in [4.78, 5) is 2.30. The van der Waals surface area contributed by atoms with Crippen LogP contribution in [0, 0.1) is 5.92 Å². The molecule has 0 unspecified atom stereocenters. The number of nitrogens with two attached hydrogens (primary N) is 1. The summed E-state index contributed by atoms with van der Waals surface area (Å²) in [5.41, 5.74) is 5.40. The summed E-state index contributed by atoms with van der Waals surface area (Å²) in [5.74, 6) is 1.07. The Morgan fingerprint density at radius 2 is 2.10 bits per heavy atom. The fourth-order valence-corrected chi connectivity index (χ4v) is 3.42. The Balaban J connectivity index is 1.80. The average molecular weight is 301 g/mol. The molecular weight excluding hydrogens is 278 g/mol. The molecule has 0 spiro atoms. The SMILES string of the molecule is CN1CCC(CCNS(=O)(=O)c2ccc(CN)o2)CC1. The fourth-order valence-electron chi connectivity index (χ4n) is 2.43. The summed E-state index contributed by atoms with van der Waals surface area (Å²) >= 11 is 0. The van der Waals surface area contributed by atoms with Crippen LogP contribution in [0.5, 0.6) is 0 Å². The molecule has 0 saturated carbocycles. The highest BCUT2D eigenvalue weighted by molar-refractivity contribution is 7.89. The van der Waals surface area contributed by atoms with Crippen molar-refractivity contribution in [2.45, 2.75) is 30.9 Å². The zero-order valence-corrected chi connectivity index (χ0v) is 12.7. The van der Waals surface area contributed by atoms with E-state index in [4.69, 9.17) is 10.2 Å². The topological polar surface area (TPSA) is 88.6 Å². The normalized spacial score (nSPS) is 18.5. The molecule has 0 amide bonds. The van der Waals surface area contributed by atoms with Crippen molar-refractivity contribution < 1.29 is 12.8 Å². The fraction of sp³-hybridized carbons (Fsp3) is 0.692. The van der Waals surface area contributed by atoms with E-state index in [1.54, 1.807) is 6.07 Å². The van der Waals surface area contributed by atoms with Crippen molar-refractivity contribution in [2.75, 3.05) is 26.7 Å². The lowest BCUT2D eigenvalue weighted by atomic mass is 9.94. The lowest BCUT2D eigenvalue weighted by Gasteiger charge is -2.28. The van der Waals surface area contributed by atoms with Crippen LogP contribution in [0.15, 0.2) is 21.6 Å². The van der Waals surface area contributed by atoms with Gasteiger partial charge in [0.15, 0.2) is 0 Å². The first-order valence-corrected chi connectivity index (χ1v) is 8.46. The standard InChI is InChI=1S/C13H23N3O3S/c1-16-8-5-11(6-9-16)4-7-15-20(17,18)13-3-2-12(10-14)19-13/h2-3,11,15H,4-10,14H2,1H3. The van der Waals surface area contributed by atoms with Crippen LogP contribution in [0.2, 0.25) is 0 Å². The Kier molecular flexibility index (Phi) is 5.20. The Morgan fingerprint density at radius 1 is 1.40 bits per heavy atom. The molecule has 1 fully saturated rings. The number of nitrogens with zero attached hydrogens (tertiary/aromatic N) is 1. The van der Waals surface area contributed by atoms with E-state index < -0.39 is 10.0 Å². The highest BCUT2D eigenvalue weighted by atomic mass is 32.2. The molecule has 1 aliphatic rings. The number of nitrogens with one attached hydrogen (secondary N) is 1. The summed E-state index contributed by atoms with van der Waals surface area (Å²) in [7, 11) is -1.43. The summed E-state index contributed by atoms with van der Waals surface area (Å²) < 4.78 is 31.8. The third-order valence-corrected chi connectivity index (χ3v) is 5.12. The molecule has 1 aromatic heterocycles. The first-order chi connectivity index (χ1) is 9.51. The minimum absolute atomic E-state index is 0.0543. The van der Waals surface area contributed by atoms with Crippen LogP contribution in [-0.4, -0.2) is 40.0 Å². The minimum Gasteiger partial charge on any atom is -0.447 e. The largest absolute Gasteiger partial charge is 0.447 e. The molecule has 6 nitrogen and oxygen atoms in total. The second-order valence-electron chi connectivity index (χ2n) is 5.36. The van der Waals surface area contributed by atoms with Gasteiger partial charge in [-0.1, -0.05) is 0 Å². The van der Waals surface area contributed by atoms with Gasteiger partial charge in [0.05, 0.1) is 6.54 Å². The van der Waals surface area contributed by atoms with Crippen LogP contribution in [0.3, 0.4) is 0 Å². The molecule has 0 aromatic carbocycles. The second-order valence-corrected chi connectivity index (χ2v) is 7.06. The molecule has 0 radical (unpaired) electrons. The zero-order valence-electron chi connectivity index (χ0n) is 11.8. The third-order valence-electron chi connectivity index (χ3n) is 3.79. The average Bonchev–Trinajstić information content (AvgIpc) is 2.90. The minimum atomic E-state index is -3.54. The molecule has 20 heavy (non-hydrogen) atoms. The predicted molar refractivity (Wildman–Crippen MR) is 76.6 cm³/mol.